The average Bonchev–Trinajstić information content (AvgIpc) is 1.86. The minimum absolute atomic E-state index is 0.564. The summed E-state index contributed by atoms with van der Waals surface area (Å²) in [4.78, 5) is 0. The van der Waals surface area contributed by atoms with Crippen LogP contribution in [0.15, 0.2) is 0 Å². The second kappa shape index (κ2) is 1.55. The van der Waals surface area contributed by atoms with E-state index >= 15 is 0 Å². The number of hydrogen-bond acceptors (Lipinski definition) is 2. The van der Waals surface area contributed by atoms with Gasteiger partial charge >= 0.3 is 0 Å². The van der Waals surface area contributed by atoms with Gasteiger partial charge in [0.05, 0.1) is 6.61 Å². The van der Waals surface area contributed by atoms with Gasteiger partial charge in [0.25, 0.3) is 0 Å². The van der Waals surface area contributed by atoms with Crippen LogP contribution in [0.2, 0.25) is 0 Å². The molecule has 0 bridgehead atoms. The first-order valence-corrected chi connectivity index (χ1v) is 1.90. The minimum atomic E-state index is -0.954. The average molecular weight is 88.1 g/mol. The lowest BCUT2D eigenvalue weighted by Crippen LogP contribution is -2.19. The Labute approximate surface area is 35.9 Å². The van der Waals surface area contributed by atoms with E-state index < -0.39 is 6.41 Å². The van der Waals surface area contributed by atoms with Crippen LogP contribution in [-0.2, 0) is 9.84 Å². The van der Waals surface area contributed by atoms with E-state index in [0.29, 0.717) is 13.2 Å². The molecule has 0 aromatic carbocycles. The molecule has 0 amide bonds. The van der Waals surface area contributed by atoms with Crippen molar-refractivity contribution >= 4 is 0 Å². The molecule has 1 atom stereocenters. The Hall–Kier alpha value is -0.120. The van der Waals surface area contributed by atoms with E-state index in [1.54, 1.807) is 0 Å². The Bertz CT molecular complexity index is 42.1. The first-order chi connectivity index (χ1) is 2.89. The van der Waals surface area contributed by atoms with Crippen LogP contribution in [0.3, 0.4) is 0 Å². The number of nitrogens with one attached hydrogen (secondary N) is 1. The molecular formula is C3H6NO2. The SMILES string of the molecule is [O]C1NCCO1. The van der Waals surface area contributed by atoms with Crippen LogP contribution < -0.4 is 5.32 Å². The second-order valence-electron chi connectivity index (χ2n) is 1.16. The summed E-state index contributed by atoms with van der Waals surface area (Å²) in [6.45, 7) is 1.27. The Kier molecular flexibility index (Phi) is 1.05. The summed E-state index contributed by atoms with van der Waals surface area (Å²) < 4.78 is 4.49. The molecule has 1 radical (unpaired) electrons. The Morgan fingerprint density at radius 2 is 2.67 bits per heavy atom. The van der Waals surface area contributed by atoms with Gasteiger partial charge in [0.15, 0.2) is 0 Å². The molecule has 1 saturated heterocycles. The highest BCUT2D eigenvalue weighted by Gasteiger charge is 2.09. The lowest BCUT2D eigenvalue weighted by Gasteiger charge is -1.91. The molecule has 1 heterocycles. The lowest BCUT2D eigenvalue weighted by molar-refractivity contribution is -0.117. The molecule has 3 nitrogen and oxygen atoms in total. The number of hydrogen-bond donors (Lipinski definition) is 1. The molecule has 6 heavy (non-hydrogen) atoms. The normalized spacial score (nSPS) is 34.5. The molecule has 1 fully saturated rings. The van der Waals surface area contributed by atoms with Gasteiger partial charge in [0, 0.05) is 6.54 Å². The van der Waals surface area contributed by atoms with Crippen molar-refractivity contribution in [1.29, 1.82) is 0 Å². The molecule has 0 aliphatic carbocycles. The smallest absolute Gasteiger partial charge is 0.247 e. The zero-order valence-electron chi connectivity index (χ0n) is 3.31. The molecule has 1 unspecified atom stereocenters. The maximum atomic E-state index is 9.99. The van der Waals surface area contributed by atoms with Crippen LogP contribution in [0.5, 0.6) is 0 Å². The molecule has 1 aliphatic heterocycles. The summed E-state index contributed by atoms with van der Waals surface area (Å²) in [5, 5.41) is 12.5. The summed E-state index contributed by atoms with van der Waals surface area (Å²) in [5.41, 5.74) is 0. The largest absolute Gasteiger partial charge is 0.337 e. The fraction of sp³-hybridized carbons (Fsp3) is 1.00. The molecule has 0 saturated carbocycles. The predicted octanol–water partition coefficient (Wildman–Crippen LogP) is -0.680. The van der Waals surface area contributed by atoms with E-state index in [-0.39, 0.29) is 0 Å². The maximum Gasteiger partial charge on any atom is 0.247 e. The third kappa shape index (κ3) is 0.680. The molecule has 1 aliphatic rings. The van der Waals surface area contributed by atoms with Gasteiger partial charge in [-0.15, -0.1) is 0 Å². The fourth-order valence-electron chi connectivity index (χ4n) is 0.402. The summed E-state index contributed by atoms with van der Waals surface area (Å²) in [7, 11) is 0. The van der Waals surface area contributed by atoms with E-state index in [1.807, 2.05) is 0 Å². The monoisotopic (exact) mass is 88.0 g/mol. The molecule has 1 rings (SSSR count). The van der Waals surface area contributed by atoms with Gasteiger partial charge in [-0.2, -0.15) is 5.11 Å². The van der Waals surface area contributed by atoms with Crippen LogP contribution in [0.1, 0.15) is 0 Å². The van der Waals surface area contributed by atoms with Gasteiger partial charge in [0.1, 0.15) is 0 Å². The summed E-state index contributed by atoms with van der Waals surface area (Å²) in [6, 6.07) is 0. The van der Waals surface area contributed by atoms with Gasteiger partial charge in [-0.25, -0.2) is 0 Å². The maximum absolute atomic E-state index is 9.99. The minimum Gasteiger partial charge on any atom is -0.337 e. The van der Waals surface area contributed by atoms with E-state index in [9.17, 15) is 5.11 Å². The van der Waals surface area contributed by atoms with E-state index in [0.717, 1.165) is 0 Å². The zero-order chi connectivity index (χ0) is 4.41. The standard InChI is InChI=1S/C3H6NO2/c5-3-4-1-2-6-3/h3-4H,1-2H2. The summed E-state index contributed by atoms with van der Waals surface area (Å²) in [6.07, 6.45) is -0.954. The van der Waals surface area contributed by atoms with Crippen molar-refractivity contribution in [2.45, 2.75) is 6.41 Å². The highest BCUT2D eigenvalue weighted by atomic mass is 16.6. The van der Waals surface area contributed by atoms with Crippen molar-refractivity contribution in [2.75, 3.05) is 13.2 Å². The molecule has 0 spiro atoms. The second-order valence-corrected chi connectivity index (χ2v) is 1.16. The van der Waals surface area contributed by atoms with Gasteiger partial charge in [-0.1, -0.05) is 0 Å². The predicted molar refractivity (Wildman–Crippen MR) is 18.4 cm³/mol. The quantitative estimate of drug-likeness (QED) is 0.426. The topological polar surface area (TPSA) is 41.2 Å². The van der Waals surface area contributed by atoms with Crippen molar-refractivity contribution in [1.82, 2.24) is 5.32 Å². The molecule has 1 N–H and O–H groups in total. The van der Waals surface area contributed by atoms with E-state index in [1.165, 1.54) is 0 Å². The van der Waals surface area contributed by atoms with Gasteiger partial charge in [-0.3, -0.25) is 5.32 Å². The van der Waals surface area contributed by atoms with E-state index in [4.69, 9.17) is 0 Å². The molecule has 3 heteroatoms. The van der Waals surface area contributed by atoms with Crippen LogP contribution >= 0.6 is 0 Å². The van der Waals surface area contributed by atoms with Crippen LogP contribution in [0.4, 0.5) is 0 Å². The number of rotatable bonds is 0. The van der Waals surface area contributed by atoms with Gasteiger partial charge in [-0.05, 0) is 0 Å². The number of ether oxygens (including phenoxy) is 1. The highest BCUT2D eigenvalue weighted by molar-refractivity contribution is 4.48. The first-order valence-electron chi connectivity index (χ1n) is 1.90. The highest BCUT2D eigenvalue weighted by Crippen LogP contribution is 1.87. The van der Waals surface area contributed by atoms with Crippen molar-refractivity contribution in [3.8, 4) is 0 Å². The Morgan fingerprint density at radius 3 is 2.83 bits per heavy atom. The fourth-order valence-corrected chi connectivity index (χ4v) is 0.402. The third-order valence-corrected chi connectivity index (χ3v) is 0.682. The molecule has 35 valence electrons. The van der Waals surface area contributed by atoms with Crippen LogP contribution in [0.25, 0.3) is 0 Å². The van der Waals surface area contributed by atoms with Crippen molar-refractivity contribution in [3.05, 3.63) is 0 Å². The van der Waals surface area contributed by atoms with Crippen molar-refractivity contribution in [2.24, 2.45) is 0 Å². The van der Waals surface area contributed by atoms with Crippen molar-refractivity contribution < 1.29 is 9.84 Å². The first kappa shape index (κ1) is 4.05. The van der Waals surface area contributed by atoms with Crippen LogP contribution in [-0.4, -0.2) is 19.6 Å². The zero-order valence-corrected chi connectivity index (χ0v) is 3.31. The van der Waals surface area contributed by atoms with Crippen LogP contribution in [0, 0.1) is 0 Å². The molecular weight excluding hydrogens is 82.0 g/mol. The molecule has 0 aromatic rings. The third-order valence-electron chi connectivity index (χ3n) is 0.682. The van der Waals surface area contributed by atoms with Gasteiger partial charge < -0.3 is 4.74 Å². The van der Waals surface area contributed by atoms with E-state index in [2.05, 4.69) is 10.1 Å². The van der Waals surface area contributed by atoms with Crippen molar-refractivity contribution in [3.63, 3.8) is 0 Å². The van der Waals surface area contributed by atoms with Gasteiger partial charge in [0.2, 0.25) is 6.41 Å². The summed E-state index contributed by atoms with van der Waals surface area (Å²) in [5.74, 6) is 0. The Morgan fingerprint density at radius 1 is 1.83 bits per heavy atom. The molecule has 0 aromatic heterocycles. The lowest BCUT2D eigenvalue weighted by atomic mass is 10.7. The summed E-state index contributed by atoms with van der Waals surface area (Å²) >= 11 is 0. The Balaban J connectivity index is 2.18.